The van der Waals surface area contributed by atoms with Crippen LogP contribution in [0.25, 0.3) is 0 Å². The first-order chi connectivity index (χ1) is 9.35. The van der Waals surface area contributed by atoms with Gasteiger partial charge in [0.2, 0.25) is 5.91 Å². The van der Waals surface area contributed by atoms with Gasteiger partial charge in [-0.1, -0.05) is 0 Å². The largest absolute Gasteiger partial charge is 0.395 e. The fraction of sp³-hybridized carbons (Fsp3) is 0.333. The summed E-state index contributed by atoms with van der Waals surface area (Å²) in [5.41, 5.74) is 8.82. The number of anilines is 1. The first-order valence-corrected chi connectivity index (χ1v) is 7.51. The van der Waals surface area contributed by atoms with E-state index in [-0.39, 0.29) is 17.1 Å². The molecule has 8 heteroatoms. The van der Waals surface area contributed by atoms with Gasteiger partial charge in [-0.3, -0.25) is 10.2 Å². The fourth-order valence-electron chi connectivity index (χ4n) is 1.43. The van der Waals surface area contributed by atoms with E-state index in [4.69, 9.17) is 10.8 Å². The van der Waals surface area contributed by atoms with Gasteiger partial charge in [0.15, 0.2) is 9.84 Å². The fourth-order valence-corrected chi connectivity index (χ4v) is 2.45. The minimum Gasteiger partial charge on any atom is -0.395 e. The molecule has 0 radical (unpaired) electrons. The molecule has 0 aliphatic heterocycles. The van der Waals surface area contributed by atoms with Crippen molar-refractivity contribution in [2.45, 2.75) is 18.2 Å². The number of hydrogen-bond donors (Lipinski definition) is 3. The van der Waals surface area contributed by atoms with E-state index in [0.29, 0.717) is 11.4 Å². The van der Waals surface area contributed by atoms with Crippen LogP contribution in [0.3, 0.4) is 0 Å². The predicted molar refractivity (Wildman–Crippen MR) is 76.1 cm³/mol. The van der Waals surface area contributed by atoms with Gasteiger partial charge in [-0.15, -0.1) is 0 Å². The molecule has 0 spiro atoms. The van der Waals surface area contributed by atoms with E-state index in [9.17, 15) is 13.2 Å². The lowest BCUT2D eigenvalue weighted by Crippen LogP contribution is -2.15. The van der Waals surface area contributed by atoms with E-state index < -0.39 is 22.4 Å². The number of sulfone groups is 1. The second-order valence-electron chi connectivity index (χ2n) is 4.17. The molecule has 0 atom stereocenters. The zero-order valence-corrected chi connectivity index (χ0v) is 11.9. The molecule has 1 aromatic carbocycles. The third kappa shape index (κ3) is 4.98. The Kier molecular flexibility index (Phi) is 5.66. The highest BCUT2D eigenvalue weighted by molar-refractivity contribution is 7.91. The second-order valence-corrected chi connectivity index (χ2v) is 6.28. The Labute approximate surface area is 117 Å². The summed E-state index contributed by atoms with van der Waals surface area (Å²) in [6.45, 7) is 1.23. The van der Waals surface area contributed by atoms with Gasteiger partial charge in [0.25, 0.3) is 0 Å². The van der Waals surface area contributed by atoms with Crippen LogP contribution in [0.5, 0.6) is 0 Å². The molecule has 7 nitrogen and oxygen atoms in total. The van der Waals surface area contributed by atoms with Crippen LogP contribution >= 0.6 is 0 Å². The number of amides is 1. The third-order valence-corrected chi connectivity index (χ3v) is 4.09. The molecule has 0 aromatic heterocycles. The number of hydrogen-bond acceptors (Lipinski definition) is 6. The summed E-state index contributed by atoms with van der Waals surface area (Å²) < 4.78 is 23.3. The number of nitrogens with two attached hydrogens (primary N) is 1. The summed E-state index contributed by atoms with van der Waals surface area (Å²) in [6.07, 6.45) is 0.0516. The third-order valence-electron chi connectivity index (χ3n) is 2.38. The Morgan fingerprint density at radius 1 is 1.35 bits per heavy atom. The molecular weight excluding hydrogens is 282 g/mol. The molecule has 0 aliphatic carbocycles. The van der Waals surface area contributed by atoms with Crippen LogP contribution in [0.1, 0.15) is 13.3 Å². The molecule has 1 rings (SSSR count). The summed E-state index contributed by atoms with van der Waals surface area (Å²) in [5.74, 6) is -0.783. The predicted octanol–water partition coefficient (Wildman–Crippen LogP) is 0.116. The number of primary amides is 1. The summed E-state index contributed by atoms with van der Waals surface area (Å²) in [7, 11) is -3.45. The number of carbonyl (C=O) groups is 1. The standard InChI is InChI=1S/C12H17N3O4S/c1-9(8-12(13)17)14-15-10-2-4-11(5-3-10)20(18,19)7-6-16/h2-5,15-16H,6-8H2,1H3,(H2,13,17)/b14-9+. The van der Waals surface area contributed by atoms with Crippen molar-refractivity contribution < 1.29 is 18.3 Å². The second kappa shape index (κ2) is 7.01. The van der Waals surface area contributed by atoms with E-state index in [0.717, 1.165) is 0 Å². The summed E-state index contributed by atoms with van der Waals surface area (Å²) >= 11 is 0. The Hall–Kier alpha value is -1.93. The summed E-state index contributed by atoms with van der Waals surface area (Å²) in [5, 5.41) is 12.6. The van der Waals surface area contributed by atoms with Crippen LogP contribution < -0.4 is 11.2 Å². The van der Waals surface area contributed by atoms with E-state index in [2.05, 4.69) is 10.5 Å². The molecule has 1 aromatic rings. The molecule has 110 valence electrons. The average molecular weight is 299 g/mol. The van der Waals surface area contributed by atoms with Crippen molar-refractivity contribution >= 4 is 27.1 Å². The van der Waals surface area contributed by atoms with Gasteiger partial charge in [-0.2, -0.15) is 5.10 Å². The Bertz CT molecular complexity index is 594. The Morgan fingerprint density at radius 3 is 2.45 bits per heavy atom. The number of carbonyl (C=O) groups excluding carboxylic acids is 1. The lowest BCUT2D eigenvalue weighted by molar-refractivity contribution is -0.116. The number of aliphatic hydroxyl groups excluding tert-OH is 1. The highest BCUT2D eigenvalue weighted by atomic mass is 32.2. The van der Waals surface area contributed by atoms with Crippen molar-refractivity contribution in [3.8, 4) is 0 Å². The number of benzene rings is 1. The van der Waals surface area contributed by atoms with Crippen molar-refractivity contribution in [2.75, 3.05) is 17.8 Å². The van der Waals surface area contributed by atoms with Crippen LogP contribution in [0.4, 0.5) is 5.69 Å². The monoisotopic (exact) mass is 299 g/mol. The maximum absolute atomic E-state index is 11.7. The van der Waals surface area contributed by atoms with Gasteiger partial charge in [-0.05, 0) is 31.2 Å². The topological polar surface area (TPSA) is 122 Å². The van der Waals surface area contributed by atoms with Gasteiger partial charge in [-0.25, -0.2) is 8.42 Å². The lowest BCUT2D eigenvalue weighted by Gasteiger charge is -2.05. The maximum atomic E-state index is 11.7. The quantitative estimate of drug-likeness (QED) is 0.487. The van der Waals surface area contributed by atoms with Crippen LogP contribution in [0.2, 0.25) is 0 Å². The SMILES string of the molecule is C/C(CC(N)=O)=N\Nc1ccc(S(=O)(=O)CCO)cc1. The summed E-state index contributed by atoms with van der Waals surface area (Å²) in [6, 6.07) is 5.94. The molecule has 0 heterocycles. The number of aliphatic hydroxyl groups is 1. The van der Waals surface area contributed by atoms with E-state index in [1.165, 1.54) is 12.1 Å². The zero-order valence-electron chi connectivity index (χ0n) is 11.0. The van der Waals surface area contributed by atoms with Crippen LogP contribution in [0.15, 0.2) is 34.3 Å². The van der Waals surface area contributed by atoms with E-state index in [1.807, 2.05) is 0 Å². The average Bonchev–Trinajstić information content (AvgIpc) is 2.36. The molecule has 0 saturated carbocycles. The molecule has 4 N–H and O–H groups in total. The Morgan fingerprint density at radius 2 is 1.95 bits per heavy atom. The molecule has 0 saturated heterocycles. The smallest absolute Gasteiger partial charge is 0.223 e. The van der Waals surface area contributed by atoms with Crippen LogP contribution in [0, 0.1) is 0 Å². The first-order valence-electron chi connectivity index (χ1n) is 5.86. The van der Waals surface area contributed by atoms with Gasteiger partial charge in [0.05, 0.1) is 29.4 Å². The first kappa shape index (κ1) is 16.1. The van der Waals surface area contributed by atoms with Gasteiger partial charge >= 0.3 is 0 Å². The molecule has 20 heavy (non-hydrogen) atoms. The van der Waals surface area contributed by atoms with Crippen molar-refractivity contribution in [3.63, 3.8) is 0 Å². The van der Waals surface area contributed by atoms with Gasteiger partial charge in [0, 0.05) is 5.71 Å². The molecule has 0 unspecified atom stereocenters. The maximum Gasteiger partial charge on any atom is 0.223 e. The highest BCUT2D eigenvalue weighted by Crippen LogP contribution is 2.15. The number of nitrogens with one attached hydrogen (secondary N) is 1. The van der Waals surface area contributed by atoms with E-state index >= 15 is 0 Å². The summed E-state index contributed by atoms with van der Waals surface area (Å²) in [4.78, 5) is 10.8. The van der Waals surface area contributed by atoms with Crippen molar-refractivity contribution in [3.05, 3.63) is 24.3 Å². The minimum atomic E-state index is -3.45. The number of hydrazone groups is 1. The van der Waals surface area contributed by atoms with E-state index in [1.54, 1.807) is 19.1 Å². The number of rotatable bonds is 7. The lowest BCUT2D eigenvalue weighted by atomic mass is 10.3. The minimum absolute atomic E-state index is 0.0516. The van der Waals surface area contributed by atoms with Crippen molar-refractivity contribution in [2.24, 2.45) is 10.8 Å². The molecule has 0 fully saturated rings. The molecule has 1 amide bonds. The molecule has 0 bridgehead atoms. The van der Waals surface area contributed by atoms with Crippen LogP contribution in [-0.4, -0.2) is 37.5 Å². The van der Waals surface area contributed by atoms with Crippen molar-refractivity contribution in [1.82, 2.24) is 0 Å². The zero-order chi connectivity index (χ0) is 15.2. The molecular formula is C12H17N3O4S. The highest BCUT2D eigenvalue weighted by Gasteiger charge is 2.12. The number of nitrogens with zero attached hydrogens (tertiary/aromatic N) is 1. The normalized spacial score (nSPS) is 12.2. The van der Waals surface area contributed by atoms with Gasteiger partial charge in [0.1, 0.15) is 0 Å². The van der Waals surface area contributed by atoms with Crippen LogP contribution in [-0.2, 0) is 14.6 Å². The van der Waals surface area contributed by atoms with Gasteiger partial charge < -0.3 is 10.8 Å². The Balaban J connectivity index is 2.75. The molecule has 0 aliphatic rings. The van der Waals surface area contributed by atoms with Crippen molar-refractivity contribution in [1.29, 1.82) is 0 Å².